The maximum Gasteiger partial charge on any atom is 0.240 e. The summed E-state index contributed by atoms with van der Waals surface area (Å²) in [6.07, 6.45) is 4.27. The molecule has 5 nitrogen and oxygen atoms in total. The fraction of sp³-hybridized carbons (Fsp3) is 0.600. The first-order chi connectivity index (χ1) is 10.1. The molecular formula is C15H24N2O3S. The van der Waals surface area contributed by atoms with Crippen LogP contribution in [0, 0.1) is 0 Å². The van der Waals surface area contributed by atoms with Gasteiger partial charge in [-0.2, -0.15) is 0 Å². The van der Waals surface area contributed by atoms with Crippen LogP contribution in [-0.4, -0.2) is 34.2 Å². The number of benzene rings is 1. The molecule has 0 radical (unpaired) electrons. The van der Waals surface area contributed by atoms with E-state index in [0.717, 1.165) is 25.8 Å². The van der Waals surface area contributed by atoms with Gasteiger partial charge in [0, 0.05) is 12.6 Å². The Kier molecular flexibility index (Phi) is 6.02. The highest BCUT2D eigenvalue weighted by atomic mass is 32.2. The second-order valence-corrected chi connectivity index (χ2v) is 7.09. The van der Waals surface area contributed by atoms with Gasteiger partial charge in [-0.15, -0.1) is 0 Å². The SMILES string of the molecule is CCCOc1ccc(S(=O)(=O)NCC2CCCCN2)cc1. The second kappa shape index (κ2) is 7.77. The molecule has 1 aliphatic rings. The van der Waals surface area contributed by atoms with E-state index in [0.29, 0.717) is 18.9 Å². The van der Waals surface area contributed by atoms with Gasteiger partial charge in [-0.25, -0.2) is 13.1 Å². The molecule has 1 saturated heterocycles. The second-order valence-electron chi connectivity index (χ2n) is 5.32. The van der Waals surface area contributed by atoms with Gasteiger partial charge in [0.25, 0.3) is 0 Å². The molecule has 1 aromatic rings. The van der Waals surface area contributed by atoms with Crippen molar-refractivity contribution in [2.24, 2.45) is 0 Å². The van der Waals surface area contributed by atoms with Crippen LogP contribution in [-0.2, 0) is 10.0 Å². The van der Waals surface area contributed by atoms with E-state index < -0.39 is 10.0 Å². The summed E-state index contributed by atoms with van der Waals surface area (Å²) in [4.78, 5) is 0.280. The molecule has 1 unspecified atom stereocenters. The van der Waals surface area contributed by atoms with Crippen molar-refractivity contribution in [2.75, 3.05) is 19.7 Å². The molecule has 6 heteroatoms. The van der Waals surface area contributed by atoms with E-state index in [1.54, 1.807) is 24.3 Å². The van der Waals surface area contributed by atoms with Crippen molar-refractivity contribution >= 4 is 10.0 Å². The first kappa shape index (κ1) is 16.3. The Hall–Kier alpha value is -1.11. The molecule has 1 atom stereocenters. The number of nitrogens with one attached hydrogen (secondary N) is 2. The quantitative estimate of drug-likeness (QED) is 0.807. The maximum atomic E-state index is 12.2. The number of ether oxygens (including phenoxy) is 1. The Morgan fingerprint density at radius 2 is 2.05 bits per heavy atom. The van der Waals surface area contributed by atoms with Crippen LogP contribution >= 0.6 is 0 Å². The molecule has 0 amide bonds. The number of piperidine rings is 1. The molecule has 0 bridgehead atoms. The predicted molar refractivity (Wildman–Crippen MR) is 83.1 cm³/mol. The number of hydrogen-bond acceptors (Lipinski definition) is 4. The number of rotatable bonds is 7. The third kappa shape index (κ3) is 4.98. The van der Waals surface area contributed by atoms with Gasteiger partial charge >= 0.3 is 0 Å². The molecule has 21 heavy (non-hydrogen) atoms. The van der Waals surface area contributed by atoms with E-state index in [2.05, 4.69) is 10.0 Å². The summed E-state index contributed by atoms with van der Waals surface area (Å²) >= 11 is 0. The molecule has 1 aliphatic heterocycles. The third-order valence-electron chi connectivity index (χ3n) is 3.54. The molecule has 0 saturated carbocycles. The van der Waals surface area contributed by atoms with Crippen LogP contribution in [0.3, 0.4) is 0 Å². The van der Waals surface area contributed by atoms with Crippen molar-refractivity contribution in [1.29, 1.82) is 0 Å². The van der Waals surface area contributed by atoms with Crippen LogP contribution in [0.15, 0.2) is 29.2 Å². The summed E-state index contributed by atoms with van der Waals surface area (Å²) in [5, 5.41) is 3.33. The lowest BCUT2D eigenvalue weighted by Gasteiger charge is -2.23. The Morgan fingerprint density at radius 1 is 1.29 bits per heavy atom. The number of hydrogen-bond donors (Lipinski definition) is 2. The first-order valence-corrected chi connectivity index (χ1v) is 9.06. The standard InChI is InChI=1S/C15H24N2O3S/c1-2-11-20-14-6-8-15(9-7-14)21(18,19)17-12-13-5-3-4-10-16-13/h6-9,13,16-17H,2-5,10-12H2,1H3. The fourth-order valence-electron chi connectivity index (χ4n) is 2.33. The van der Waals surface area contributed by atoms with E-state index in [4.69, 9.17) is 4.74 Å². The Morgan fingerprint density at radius 3 is 2.67 bits per heavy atom. The summed E-state index contributed by atoms with van der Waals surface area (Å²) < 4.78 is 32.6. The highest BCUT2D eigenvalue weighted by Gasteiger charge is 2.18. The third-order valence-corrected chi connectivity index (χ3v) is 4.98. The van der Waals surface area contributed by atoms with Crippen molar-refractivity contribution in [3.63, 3.8) is 0 Å². The van der Waals surface area contributed by atoms with Crippen molar-refractivity contribution in [3.05, 3.63) is 24.3 Å². The van der Waals surface area contributed by atoms with Gasteiger partial charge in [-0.3, -0.25) is 0 Å². The van der Waals surface area contributed by atoms with Crippen LogP contribution < -0.4 is 14.8 Å². The summed E-state index contributed by atoms with van der Waals surface area (Å²) in [5.74, 6) is 0.699. The Bertz CT molecular complexity index is 522. The molecule has 2 N–H and O–H groups in total. The van der Waals surface area contributed by atoms with Gasteiger partial charge in [0.05, 0.1) is 11.5 Å². The molecule has 118 valence electrons. The molecular weight excluding hydrogens is 288 g/mol. The highest BCUT2D eigenvalue weighted by Crippen LogP contribution is 2.16. The molecule has 0 aliphatic carbocycles. The molecule has 0 aromatic heterocycles. The predicted octanol–water partition coefficient (Wildman–Crippen LogP) is 1.90. The van der Waals surface area contributed by atoms with Gasteiger partial charge in [-0.05, 0) is 50.1 Å². The zero-order valence-corrected chi connectivity index (χ0v) is 13.3. The molecule has 2 rings (SSSR count). The average molecular weight is 312 g/mol. The van der Waals surface area contributed by atoms with Gasteiger partial charge < -0.3 is 10.1 Å². The lowest BCUT2D eigenvalue weighted by molar-refractivity contribution is 0.317. The van der Waals surface area contributed by atoms with Crippen LogP contribution in [0.25, 0.3) is 0 Å². The fourth-order valence-corrected chi connectivity index (χ4v) is 3.41. The summed E-state index contributed by atoms with van der Waals surface area (Å²) in [6, 6.07) is 6.80. The molecule has 0 spiro atoms. The molecule has 1 heterocycles. The smallest absolute Gasteiger partial charge is 0.240 e. The summed E-state index contributed by atoms with van der Waals surface area (Å²) in [7, 11) is -3.44. The zero-order valence-electron chi connectivity index (χ0n) is 12.5. The average Bonchev–Trinajstić information content (AvgIpc) is 2.52. The largest absolute Gasteiger partial charge is 0.494 e. The monoisotopic (exact) mass is 312 g/mol. The van der Waals surface area contributed by atoms with Crippen molar-refractivity contribution in [2.45, 2.75) is 43.5 Å². The minimum absolute atomic E-state index is 0.237. The first-order valence-electron chi connectivity index (χ1n) is 7.58. The van der Waals surface area contributed by atoms with E-state index in [-0.39, 0.29) is 10.9 Å². The van der Waals surface area contributed by atoms with Crippen LogP contribution in [0.5, 0.6) is 5.75 Å². The lowest BCUT2D eigenvalue weighted by atomic mass is 10.1. The van der Waals surface area contributed by atoms with Gasteiger partial charge in [0.2, 0.25) is 10.0 Å². The normalized spacial score (nSPS) is 19.4. The van der Waals surface area contributed by atoms with Gasteiger partial charge in [-0.1, -0.05) is 13.3 Å². The van der Waals surface area contributed by atoms with Crippen LogP contribution in [0.1, 0.15) is 32.6 Å². The van der Waals surface area contributed by atoms with Crippen LogP contribution in [0.2, 0.25) is 0 Å². The van der Waals surface area contributed by atoms with E-state index in [9.17, 15) is 8.42 Å². The van der Waals surface area contributed by atoms with E-state index >= 15 is 0 Å². The minimum atomic E-state index is -3.44. The van der Waals surface area contributed by atoms with E-state index in [1.807, 2.05) is 6.92 Å². The minimum Gasteiger partial charge on any atom is -0.494 e. The topological polar surface area (TPSA) is 67.4 Å². The van der Waals surface area contributed by atoms with E-state index in [1.165, 1.54) is 6.42 Å². The maximum absolute atomic E-state index is 12.2. The van der Waals surface area contributed by atoms with Crippen molar-refractivity contribution < 1.29 is 13.2 Å². The lowest BCUT2D eigenvalue weighted by Crippen LogP contribution is -2.43. The summed E-state index contributed by atoms with van der Waals surface area (Å²) in [6.45, 7) is 4.08. The van der Waals surface area contributed by atoms with Crippen molar-refractivity contribution in [1.82, 2.24) is 10.0 Å². The van der Waals surface area contributed by atoms with Gasteiger partial charge in [0.1, 0.15) is 5.75 Å². The highest BCUT2D eigenvalue weighted by molar-refractivity contribution is 7.89. The van der Waals surface area contributed by atoms with Crippen LogP contribution in [0.4, 0.5) is 0 Å². The Labute approximate surface area is 127 Å². The van der Waals surface area contributed by atoms with Crippen molar-refractivity contribution in [3.8, 4) is 5.75 Å². The molecule has 1 aromatic carbocycles. The molecule has 1 fully saturated rings. The van der Waals surface area contributed by atoms with Gasteiger partial charge in [0.15, 0.2) is 0 Å². The number of sulfonamides is 1. The summed E-state index contributed by atoms with van der Waals surface area (Å²) in [5.41, 5.74) is 0. The Balaban J connectivity index is 1.91. The zero-order chi connectivity index (χ0) is 15.1.